The number of hydrogen-bond donors (Lipinski definition) is 0. The molecule has 5 heteroatoms. The molecule has 18 heavy (non-hydrogen) atoms. The zero-order chi connectivity index (χ0) is 12.2. The Balaban J connectivity index is 1.52. The van der Waals surface area contributed by atoms with Gasteiger partial charge in [-0.1, -0.05) is 27.7 Å². The van der Waals surface area contributed by atoms with E-state index < -0.39 is 0 Å². The van der Waals surface area contributed by atoms with E-state index in [-0.39, 0.29) is 0 Å². The Morgan fingerprint density at radius 1 is 1.22 bits per heavy atom. The third kappa shape index (κ3) is 2.13. The second kappa shape index (κ2) is 4.23. The van der Waals surface area contributed by atoms with Crippen LogP contribution in [0.1, 0.15) is 56.3 Å². The van der Waals surface area contributed by atoms with Crippen LogP contribution in [0.5, 0.6) is 0 Å². The topological polar surface area (TPSA) is 30.7 Å². The molecule has 3 nitrogen and oxygen atoms in total. The van der Waals surface area contributed by atoms with Gasteiger partial charge in [0.05, 0.1) is 0 Å². The molecule has 0 saturated heterocycles. The molecule has 0 bridgehead atoms. The monoisotopic (exact) mass is 327 g/mol. The zero-order valence-corrected chi connectivity index (χ0v) is 12.8. The molecule has 1 heterocycles. The normalized spacial score (nSPS) is 25.4. The molecule has 1 aromatic heterocycles. The molecule has 4 rings (SSSR count). The second-order valence-electron chi connectivity index (χ2n) is 6.14. The number of halogens is 1. The molecule has 0 spiro atoms. The zero-order valence-electron chi connectivity index (χ0n) is 10.4. The maximum atomic E-state index is 4.47. The first kappa shape index (κ1) is 11.8. The highest BCUT2D eigenvalue weighted by atomic mass is 79.9. The predicted molar refractivity (Wildman–Crippen MR) is 76.5 cm³/mol. The van der Waals surface area contributed by atoms with E-state index in [9.17, 15) is 0 Å². The Labute approximate surface area is 120 Å². The summed E-state index contributed by atoms with van der Waals surface area (Å²) in [5.74, 6) is 3.20. The minimum absolute atomic E-state index is 0.560. The Morgan fingerprint density at radius 2 is 2.00 bits per heavy atom. The standard InChI is InChI=1S/C13H18BrN3S/c14-7-13(5-6-13)8-18-12-16-15-11(9-1-2-9)17(12)10-3-4-10/h9-10H,1-8H2. The molecule has 3 aliphatic rings. The van der Waals surface area contributed by atoms with Crippen LogP contribution >= 0.6 is 27.7 Å². The molecule has 0 aliphatic heterocycles. The molecule has 3 saturated carbocycles. The van der Waals surface area contributed by atoms with Crippen LogP contribution in [0.25, 0.3) is 0 Å². The van der Waals surface area contributed by atoms with Gasteiger partial charge in [0.2, 0.25) is 0 Å². The van der Waals surface area contributed by atoms with Gasteiger partial charge in [-0.15, -0.1) is 10.2 Å². The summed E-state index contributed by atoms with van der Waals surface area (Å²) in [6, 6.07) is 0.720. The minimum Gasteiger partial charge on any atom is -0.303 e. The molecule has 0 unspecified atom stereocenters. The Kier molecular flexibility index (Phi) is 2.77. The van der Waals surface area contributed by atoms with Crippen LogP contribution < -0.4 is 0 Å². The highest BCUT2D eigenvalue weighted by Crippen LogP contribution is 2.51. The van der Waals surface area contributed by atoms with Gasteiger partial charge in [-0.2, -0.15) is 0 Å². The van der Waals surface area contributed by atoms with Crippen molar-refractivity contribution in [2.45, 2.75) is 55.6 Å². The summed E-state index contributed by atoms with van der Waals surface area (Å²) >= 11 is 5.58. The van der Waals surface area contributed by atoms with Crippen LogP contribution in [0.4, 0.5) is 0 Å². The van der Waals surface area contributed by atoms with Gasteiger partial charge >= 0.3 is 0 Å². The van der Waals surface area contributed by atoms with Crippen molar-refractivity contribution in [2.75, 3.05) is 11.1 Å². The molecule has 3 aliphatic carbocycles. The summed E-state index contributed by atoms with van der Waals surface area (Å²) in [5, 5.41) is 11.3. The van der Waals surface area contributed by atoms with Gasteiger partial charge in [0, 0.05) is 23.0 Å². The fraction of sp³-hybridized carbons (Fsp3) is 0.846. The van der Waals surface area contributed by atoms with Crippen LogP contribution in [0.15, 0.2) is 5.16 Å². The molecule has 98 valence electrons. The first-order valence-corrected chi connectivity index (χ1v) is 9.06. The minimum atomic E-state index is 0.560. The van der Waals surface area contributed by atoms with Crippen molar-refractivity contribution in [3.8, 4) is 0 Å². The van der Waals surface area contributed by atoms with Crippen LogP contribution in [0.2, 0.25) is 0 Å². The van der Waals surface area contributed by atoms with Crippen molar-refractivity contribution >= 4 is 27.7 Å². The summed E-state index contributed by atoms with van der Waals surface area (Å²) < 4.78 is 2.46. The highest BCUT2D eigenvalue weighted by Gasteiger charge is 2.42. The van der Waals surface area contributed by atoms with Gasteiger partial charge in [0.1, 0.15) is 5.82 Å². The van der Waals surface area contributed by atoms with Crippen molar-refractivity contribution in [2.24, 2.45) is 5.41 Å². The third-order valence-electron chi connectivity index (χ3n) is 4.29. The van der Waals surface area contributed by atoms with Crippen molar-refractivity contribution in [1.29, 1.82) is 0 Å². The van der Waals surface area contributed by atoms with E-state index in [0.717, 1.165) is 17.3 Å². The maximum absolute atomic E-state index is 4.47. The second-order valence-corrected chi connectivity index (χ2v) is 7.64. The Bertz CT molecular complexity index is 461. The van der Waals surface area contributed by atoms with E-state index in [1.165, 1.54) is 55.3 Å². The lowest BCUT2D eigenvalue weighted by molar-refractivity contribution is 0.622. The maximum Gasteiger partial charge on any atom is 0.191 e. The van der Waals surface area contributed by atoms with Gasteiger partial charge < -0.3 is 4.57 Å². The summed E-state index contributed by atoms with van der Waals surface area (Å²) in [4.78, 5) is 0. The summed E-state index contributed by atoms with van der Waals surface area (Å²) in [6.07, 6.45) is 8.04. The van der Waals surface area contributed by atoms with E-state index in [4.69, 9.17) is 0 Å². The van der Waals surface area contributed by atoms with Crippen LogP contribution in [-0.2, 0) is 0 Å². The smallest absolute Gasteiger partial charge is 0.191 e. The average molecular weight is 328 g/mol. The first-order valence-electron chi connectivity index (χ1n) is 6.95. The molecular weight excluding hydrogens is 310 g/mol. The summed E-state index contributed by atoms with van der Waals surface area (Å²) in [6.45, 7) is 0. The fourth-order valence-corrected chi connectivity index (χ4v) is 4.72. The largest absolute Gasteiger partial charge is 0.303 e. The molecule has 0 N–H and O–H groups in total. The van der Waals surface area contributed by atoms with E-state index >= 15 is 0 Å². The lowest BCUT2D eigenvalue weighted by Crippen LogP contribution is -2.07. The summed E-state index contributed by atoms with van der Waals surface area (Å²) in [5.41, 5.74) is 0.560. The van der Waals surface area contributed by atoms with Crippen molar-refractivity contribution in [3.63, 3.8) is 0 Å². The molecule has 1 aromatic rings. The van der Waals surface area contributed by atoms with Crippen LogP contribution in [0.3, 0.4) is 0 Å². The van der Waals surface area contributed by atoms with Gasteiger partial charge in [-0.05, 0) is 43.9 Å². The van der Waals surface area contributed by atoms with E-state index in [1.807, 2.05) is 11.8 Å². The summed E-state index contributed by atoms with van der Waals surface area (Å²) in [7, 11) is 0. The fourth-order valence-electron chi connectivity index (χ4n) is 2.39. The number of alkyl halides is 1. The van der Waals surface area contributed by atoms with E-state index in [0.29, 0.717) is 5.41 Å². The van der Waals surface area contributed by atoms with Crippen molar-refractivity contribution < 1.29 is 0 Å². The number of thioether (sulfide) groups is 1. The molecule has 3 fully saturated rings. The van der Waals surface area contributed by atoms with E-state index in [2.05, 4.69) is 30.7 Å². The predicted octanol–water partition coefficient (Wildman–Crippen LogP) is 3.76. The van der Waals surface area contributed by atoms with Gasteiger partial charge in [-0.3, -0.25) is 0 Å². The van der Waals surface area contributed by atoms with Crippen LogP contribution in [-0.4, -0.2) is 25.8 Å². The third-order valence-corrected chi connectivity index (χ3v) is 6.78. The lowest BCUT2D eigenvalue weighted by atomic mass is 10.2. The van der Waals surface area contributed by atoms with Gasteiger partial charge in [0.25, 0.3) is 0 Å². The molecular formula is C13H18BrN3S. The quantitative estimate of drug-likeness (QED) is 0.588. The van der Waals surface area contributed by atoms with Crippen molar-refractivity contribution in [1.82, 2.24) is 14.8 Å². The number of nitrogens with zero attached hydrogens (tertiary/aromatic N) is 3. The number of rotatable bonds is 6. The molecule has 0 amide bonds. The van der Waals surface area contributed by atoms with Gasteiger partial charge in [0.15, 0.2) is 5.16 Å². The van der Waals surface area contributed by atoms with E-state index in [1.54, 1.807) is 0 Å². The molecule has 0 aromatic carbocycles. The molecule has 0 atom stereocenters. The first-order chi connectivity index (χ1) is 8.81. The van der Waals surface area contributed by atoms with Gasteiger partial charge in [-0.25, -0.2) is 0 Å². The highest BCUT2D eigenvalue weighted by molar-refractivity contribution is 9.09. The number of aromatic nitrogens is 3. The molecule has 0 radical (unpaired) electrons. The Morgan fingerprint density at radius 3 is 2.56 bits per heavy atom. The van der Waals surface area contributed by atoms with Crippen LogP contribution in [0, 0.1) is 5.41 Å². The average Bonchev–Trinajstić information content (AvgIpc) is 3.23. The SMILES string of the molecule is BrCC1(CSc2nnc(C3CC3)n2C2CC2)CC1. The number of hydrogen-bond acceptors (Lipinski definition) is 3. The lowest BCUT2D eigenvalue weighted by Gasteiger charge is -2.12. The Hall–Kier alpha value is -0.0300. The van der Waals surface area contributed by atoms with Crippen molar-refractivity contribution in [3.05, 3.63) is 5.82 Å².